The minimum Gasteiger partial charge on any atom is -0.351 e. The molecule has 152 valence electrons. The van der Waals surface area contributed by atoms with Crippen LogP contribution in [0.1, 0.15) is 98.1 Å². The number of nitrogens with one attached hydrogen (secondary N) is 2. The largest absolute Gasteiger partial charge is 0.351 e. The fourth-order valence-electron chi connectivity index (χ4n) is 3.82. The van der Waals surface area contributed by atoms with Crippen LogP contribution in [-0.2, 0) is 9.59 Å². The Kier molecular flexibility index (Phi) is 7.65. The minimum atomic E-state index is -0.353. The van der Waals surface area contributed by atoms with Gasteiger partial charge in [-0.2, -0.15) is 0 Å². The lowest BCUT2D eigenvalue weighted by atomic mass is 9.82. The number of hydrogen-bond acceptors (Lipinski definition) is 2. The highest BCUT2D eigenvalue weighted by Crippen LogP contribution is 2.32. The first-order chi connectivity index (χ1) is 12.2. The maximum Gasteiger partial charge on any atom is 0.233 e. The van der Waals surface area contributed by atoms with Crippen molar-refractivity contribution >= 4 is 17.5 Å². The van der Waals surface area contributed by atoms with Crippen molar-refractivity contribution < 1.29 is 9.59 Å². The van der Waals surface area contributed by atoms with Gasteiger partial charge in [0.15, 0.2) is 0 Å². The summed E-state index contributed by atoms with van der Waals surface area (Å²) in [6.45, 7) is 18.9. The van der Waals surface area contributed by atoms with E-state index >= 15 is 0 Å². The van der Waals surface area contributed by atoms with Gasteiger partial charge in [0.1, 0.15) is 6.42 Å². The Balaban J connectivity index is 2.87. The zero-order valence-electron chi connectivity index (χ0n) is 18.6. The summed E-state index contributed by atoms with van der Waals surface area (Å²) < 4.78 is 0. The van der Waals surface area contributed by atoms with Crippen molar-refractivity contribution in [2.45, 2.75) is 92.5 Å². The van der Waals surface area contributed by atoms with Crippen molar-refractivity contribution in [1.82, 2.24) is 5.32 Å². The van der Waals surface area contributed by atoms with Gasteiger partial charge in [0.05, 0.1) is 0 Å². The second kappa shape index (κ2) is 8.90. The van der Waals surface area contributed by atoms with Gasteiger partial charge in [-0.25, -0.2) is 0 Å². The molecular formula is C23H38N2O2. The first-order valence-electron chi connectivity index (χ1n) is 9.95. The van der Waals surface area contributed by atoms with Gasteiger partial charge in [0, 0.05) is 11.2 Å². The standard InChI is InChI=1S/C23H38N2O2/c1-15(2)17-11-10-12-18(16(3)4)21(17)24-19(26)13-20(27)25-23(8,9)14-22(5,6)7/h10-12,15-16H,13-14H2,1-9H3,(H,24,26)(H,25,27). The third-order valence-corrected chi connectivity index (χ3v) is 4.41. The number of para-hydroxylation sites is 1. The van der Waals surface area contributed by atoms with Crippen molar-refractivity contribution in [2.24, 2.45) is 5.41 Å². The third kappa shape index (κ3) is 7.74. The van der Waals surface area contributed by atoms with E-state index in [1.807, 2.05) is 32.0 Å². The zero-order valence-corrected chi connectivity index (χ0v) is 18.6. The summed E-state index contributed by atoms with van der Waals surface area (Å²) in [5.74, 6) is 0.0704. The van der Waals surface area contributed by atoms with E-state index in [9.17, 15) is 9.59 Å². The van der Waals surface area contributed by atoms with E-state index in [0.29, 0.717) is 11.8 Å². The third-order valence-electron chi connectivity index (χ3n) is 4.41. The minimum absolute atomic E-state index is 0.0986. The predicted octanol–water partition coefficient (Wildman–Crippen LogP) is 5.59. The van der Waals surface area contributed by atoms with E-state index in [-0.39, 0.29) is 29.2 Å². The highest BCUT2D eigenvalue weighted by molar-refractivity contribution is 6.04. The van der Waals surface area contributed by atoms with E-state index in [1.54, 1.807) is 0 Å². The van der Waals surface area contributed by atoms with Crippen LogP contribution in [0.4, 0.5) is 5.69 Å². The molecule has 0 heterocycles. The average Bonchev–Trinajstić information content (AvgIpc) is 2.42. The highest BCUT2D eigenvalue weighted by Gasteiger charge is 2.27. The van der Waals surface area contributed by atoms with Crippen LogP contribution in [0.3, 0.4) is 0 Å². The topological polar surface area (TPSA) is 58.2 Å². The molecule has 0 spiro atoms. The van der Waals surface area contributed by atoms with Crippen LogP contribution in [0.15, 0.2) is 18.2 Å². The van der Waals surface area contributed by atoms with Gasteiger partial charge in [0.25, 0.3) is 0 Å². The van der Waals surface area contributed by atoms with Crippen LogP contribution in [0.5, 0.6) is 0 Å². The molecule has 0 unspecified atom stereocenters. The quantitative estimate of drug-likeness (QED) is 0.611. The maximum atomic E-state index is 12.6. The Morgan fingerprint density at radius 1 is 0.889 bits per heavy atom. The van der Waals surface area contributed by atoms with Crippen LogP contribution in [-0.4, -0.2) is 17.4 Å². The van der Waals surface area contributed by atoms with E-state index in [1.165, 1.54) is 0 Å². The number of rotatable bonds is 7. The summed E-state index contributed by atoms with van der Waals surface area (Å²) in [5.41, 5.74) is 2.80. The van der Waals surface area contributed by atoms with Gasteiger partial charge in [-0.1, -0.05) is 66.7 Å². The Labute approximate surface area is 165 Å². The zero-order chi connectivity index (χ0) is 21.0. The predicted molar refractivity (Wildman–Crippen MR) is 114 cm³/mol. The number of amides is 2. The summed E-state index contributed by atoms with van der Waals surface area (Å²) in [7, 11) is 0. The van der Waals surface area contributed by atoms with E-state index in [0.717, 1.165) is 23.2 Å². The molecule has 0 fully saturated rings. The Morgan fingerprint density at radius 3 is 1.78 bits per heavy atom. The van der Waals surface area contributed by atoms with Crippen molar-refractivity contribution in [3.8, 4) is 0 Å². The SMILES string of the molecule is CC(C)c1cccc(C(C)C)c1NC(=O)CC(=O)NC(C)(C)CC(C)(C)C. The van der Waals surface area contributed by atoms with Gasteiger partial charge >= 0.3 is 0 Å². The molecular weight excluding hydrogens is 336 g/mol. The lowest BCUT2D eigenvalue weighted by molar-refractivity contribution is -0.128. The monoisotopic (exact) mass is 374 g/mol. The molecule has 0 radical (unpaired) electrons. The molecule has 4 heteroatoms. The van der Waals surface area contributed by atoms with Gasteiger partial charge in [0.2, 0.25) is 11.8 Å². The second-order valence-corrected chi connectivity index (χ2v) is 10.0. The van der Waals surface area contributed by atoms with Gasteiger partial charge in [-0.15, -0.1) is 0 Å². The Morgan fingerprint density at radius 2 is 1.37 bits per heavy atom. The molecule has 1 aromatic rings. The fourth-order valence-corrected chi connectivity index (χ4v) is 3.82. The van der Waals surface area contributed by atoms with E-state index < -0.39 is 0 Å². The summed E-state index contributed by atoms with van der Waals surface area (Å²) >= 11 is 0. The number of carbonyl (C=O) groups excluding carboxylic acids is 2. The smallest absolute Gasteiger partial charge is 0.233 e. The van der Waals surface area contributed by atoms with Crippen molar-refractivity contribution in [3.63, 3.8) is 0 Å². The summed E-state index contributed by atoms with van der Waals surface area (Å²) in [6, 6.07) is 6.11. The summed E-state index contributed by atoms with van der Waals surface area (Å²) in [6.07, 6.45) is 0.665. The summed E-state index contributed by atoms with van der Waals surface area (Å²) in [4.78, 5) is 25.0. The molecule has 4 nitrogen and oxygen atoms in total. The molecule has 0 aliphatic carbocycles. The molecule has 0 bridgehead atoms. The van der Waals surface area contributed by atoms with Crippen LogP contribution in [0.25, 0.3) is 0 Å². The molecule has 1 rings (SSSR count). The molecule has 0 aliphatic rings. The molecule has 0 aromatic heterocycles. The second-order valence-electron chi connectivity index (χ2n) is 10.0. The molecule has 27 heavy (non-hydrogen) atoms. The van der Waals surface area contributed by atoms with Crippen LogP contribution >= 0.6 is 0 Å². The number of benzene rings is 1. The average molecular weight is 375 g/mol. The molecule has 1 aromatic carbocycles. The van der Waals surface area contributed by atoms with Crippen LogP contribution in [0.2, 0.25) is 0 Å². The van der Waals surface area contributed by atoms with E-state index in [4.69, 9.17) is 0 Å². The Bertz CT molecular complexity index is 641. The fraction of sp³-hybridized carbons (Fsp3) is 0.652. The summed E-state index contributed by atoms with van der Waals surface area (Å²) in [5, 5.41) is 6.01. The number of hydrogen-bond donors (Lipinski definition) is 2. The van der Waals surface area contributed by atoms with Crippen molar-refractivity contribution in [2.75, 3.05) is 5.32 Å². The first kappa shape index (κ1) is 23.2. The highest BCUT2D eigenvalue weighted by atomic mass is 16.2. The molecule has 2 N–H and O–H groups in total. The van der Waals surface area contributed by atoms with E-state index in [2.05, 4.69) is 59.1 Å². The Hall–Kier alpha value is -1.84. The maximum absolute atomic E-state index is 12.6. The molecule has 0 atom stereocenters. The normalized spacial score (nSPS) is 12.4. The van der Waals surface area contributed by atoms with Crippen molar-refractivity contribution in [3.05, 3.63) is 29.3 Å². The van der Waals surface area contributed by atoms with Gasteiger partial charge in [-0.3, -0.25) is 9.59 Å². The molecule has 0 aliphatic heterocycles. The lowest BCUT2D eigenvalue weighted by Crippen LogP contribution is -2.46. The van der Waals surface area contributed by atoms with Crippen LogP contribution < -0.4 is 10.6 Å². The van der Waals surface area contributed by atoms with Crippen LogP contribution in [0, 0.1) is 5.41 Å². The van der Waals surface area contributed by atoms with Crippen molar-refractivity contribution in [1.29, 1.82) is 0 Å². The molecule has 2 amide bonds. The first-order valence-corrected chi connectivity index (χ1v) is 9.95. The lowest BCUT2D eigenvalue weighted by Gasteiger charge is -2.33. The van der Waals surface area contributed by atoms with Gasteiger partial charge < -0.3 is 10.6 Å². The number of carbonyl (C=O) groups is 2. The number of anilines is 1. The molecule has 0 saturated heterocycles. The molecule has 0 saturated carbocycles. The van der Waals surface area contributed by atoms with Gasteiger partial charge in [-0.05, 0) is 48.6 Å².